The second-order valence-electron chi connectivity index (χ2n) is 5.66. The molecule has 0 bridgehead atoms. The molecular formula is C19H20F2N2O2. The first kappa shape index (κ1) is 18.6. The van der Waals surface area contributed by atoms with Crippen molar-refractivity contribution in [2.45, 2.75) is 20.3 Å². The van der Waals surface area contributed by atoms with Crippen molar-refractivity contribution in [1.29, 1.82) is 0 Å². The van der Waals surface area contributed by atoms with E-state index in [0.717, 1.165) is 23.3 Å². The first-order chi connectivity index (χ1) is 11.9. The summed E-state index contributed by atoms with van der Waals surface area (Å²) in [6, 6.07) is 10.8. The summed E-state index contributed by atoms with van der Waals surface area (Å²) >= 11 is 0. The molecule has 0 atom stereocenters. The predicted octanol–water partition coefficient (Wildman–Crippen LogP) is 3.30. The third-order valence-electron chi connectivity index (χ3n) is 3.90. The maximum atomic E-state index is 13.6. The highest BCUT2D eigenvalue weighted by Crippen LogP contribution is 2.18. The van der Waals surface area contributed by atoms with Gasteiger partial charge in [-0.25, -0.2) is 8.78 Å². The number of anilines is 1. The summed E-state index contributed by atoms with van der Waals surface area (Å²) < 4.78 is 27.2. The number of carbonyl (C=O) groups excluding carboxylic acids is 2. The Balaban J connectivity index is 2.02. The van der Waals surface area contributed by atoms with Crippen LogP contribution in [0.25, 0.3) is 0 Å². The number of carbonyl (C=O) groups is 2. The Bertz CT molecular complexity index is 758. The summed E-state index contributed by atoms with van der Waals surface area (Å²) in [5, 5.41) is 2.19. The second-order valence-corrected chi connectivity index (χ2v) is 5.66. The molecule has 0 unspecified atom stereocenters. The zero-order valence-corrected chi connectivity index (χ0v) is 14.2. The van der Waals surface area contributed by atoms with Crippen LogP contribution in [0.15, 0.2) is 42.5 Å². The van der Waals surface area contributed by atoms with Crippen LogP contribution in [-0.2, 0) is 16.0 Å². The number of likely N-dealkylation sites (N-methyl/N-ethyl adjacent to an activating group) is 1. The van der Waals surface area contributed by atoms with Crippen molar-refractivity contribution in [3.63, 3.8) is 0 Å². The van der Waals surface area contributed by atoms with Gasteiger partial charge in [0.05, 0.1) is 13.0 Å². The molecule has 6 heteroatoms. The van der Waals surface area contributed by atoms with E-state index < -0.39 is 23.2 Å². The molecule has 2 aromatic rings. The molecule has 0 aromatic heterocycles. The number of hydrogen-bond acceptors (Lipinski definition) is 2. The molecule has 2 rings (SSSR count). The van der Waals surface area contributed by atoms with Crippen LogP contribution in [-0.4, -0.2) is 29.8 Å². The molecular weight excluding hydrogens is 326 g/mol. The van der Waals surface area contributed by atoms with Crippen LogP contribution in [0.5, 0.6) is 0 Å². The lowest BCUT2D eigenvalue weighted by atomic mass is 10.1. The highest BCUT2D eigenvalue weighted by atomic mass is 19.1. The van der Waals surface area contributed by atoms with Gasteiger partial charge in [-0.1, -0.05) is 30.3 Å². The fourth-order valence-electron chi connectivity index (χ4n) is 2.43. The van der Waals surface area contributed by atoms with Crippen LogP contribution in [0.2, 0.25) is 0 Å². The summed E-state index contributed by atoms with van der Waals surface area (Å²) in [7, 11) is 0. The van der Waals surface area contributed by atoms with Gasteiger partial charge in [0.2, 0.25) is 11.8 Å². The van der Waals surface area contributed by atoms with Crippen LogP contribution in [0.1, 0.15) is 18.1 Å². The van der Waals surface area contributed by atoms with Crippen molar-refractivity contribution in [3.8, 4) is 0 Å². The van der Waals surface area contributed by atoms with Crippen molar-refractivity contribution in [2.24, 2.45) is 0 Å². The number of benzene rings is 2. The van der Waals surface area contributed by atoms with Crippen LogP contribution >= 0.6 is 0 Å². The molecule has 0 radical (unpaired) electrons. The quantitative estimate of drug-likeness (QED) is 0.872. The maximum Gasteiger partial charge on any atom is 0.244 e. The Labute approximate surface area is 145 Å². The van der Waals surface area contributed by atoms with Gasteiger partial charge < -0.3 is 10.2 Å². The van der Waals surface area contributed by atoms with Gasteiger partial charge in [0.15, 0.2) is 0 Å². The predicted molar refractivity (Wildman–Crippen MR) is 92.1 cm³/mol. The Hall–Kier alpha value is -2.76. The van der Waals surface area contributed by atoms with Gasteiger partial charge >= 0.3 is 0 Å². The van der Waals surface area contributed by atoms with Crippen molar-refractivity contribution < 1.29 is 18.4 Å². The fourth-order valence-corrected chi connectivity index (χ4v) is 2.43. The topological polar surface area (TPSA) is 49.4 Å². The summed E-state index contributed by atoms with van der Waals surface area (Å²) in [4.78, 5) is 25.8. The Morgan fingerprint density at radius 3 is 2.28 bits per heavy atom. The molecule has 0 saturated heterocycles. The van der Waals surface area contributed by atoms with Gasteiger partial charge in [0.25, 0.3) is 0 Å². The minimum Gasteiger partial charge on any atom is -0.333 e. The molecule has 0 fully saturated rings. The second kappa shape index (κ2) is 8.37. The van der Waals surface area contributed by atoms with E-state index in [-0.39, 0.29) is 18.9 Å². The number of hydrogen-bond donors (Lipinski definition) is 1. The smallest absolute Gasteiger partial charge is 0.244 e. The van der Waals surface area contributed by atoms with Gasteiger partial charge in [-0.05, 0) is 37.1 Å². The molecule has 0 aliphatic rings. The molecule has 2 aromatic carbocycles. The van der Waals surface area contributed by atoms with Gasteiger partial charge in [0, 0.05) is 6.54 Å². The van der Waals surface area contributed by atoms with Gasteiger partial charge in [-0.3, -0.25) is 9.59 Å². The minimum atomic E-state index is -0.859. The summed E-state index contributed by atoms with van der Waals surface area (Å²) in [6.07, 6.45) is 0.169. The van der Waals surface area contributed by atoms with E-state index in [2.05, 4.69) is 5.32 Å². The Morgan fingerprint density at radius 2 is 1.68 bits per heavy atom. The normalized spacial score (nSPS) is 10.4. The standard InChI is InChI=1S/C19H20F2N2O2/c1-3-23(18(25)11-14-8-5-4-7-13(14)2)12-17(24)22-19-15(20)9-6-10-16(19)21/h4-10H,3,11-12H2,1-2H3,(H,22,24). The first-order valence-electron chi connectivity index (χ1n) is 7.98. The minimum absolute atomic E-state index is 0.169. The number of halogens is 2. The van der Waals surface area contributed by atoms with E-state index in [1.165, 1.54) is 11.0 Å². The van der Waals surface area contributed by atoms with Crippen molar-refractivity contribution in [3.05, 3.63) is 65.2 Å². The van der Waals surface area contributed by atoms with E-state index in [0.29, 0.717) is 6.54 Å². The molecule has 0 aliphatic carbocycles. The molecule has 132 valence electrons. The van der Waals surface area contributed by atoms with Crippen molar-refractivity contribution in [1.82, 2.24) is 4.90 Å². The highest BCUT2D eigenvalue weighted by Gasteiger charge is 2.18. The number of para-hydroxylation sites is 1. The van der Waals surface area contributed by atoms with Crippen molar-refractivity contribution >= 4 is 17.5 Å². The fraction of sp³-hybridized carbons (Fsp3) is 0.263. The molecule has 0 heterocycles. The number of rotatable bonds is 6. The zero-order chi connectivity index (χ0) is 18.4. The average molecular weight is 346 g/mol. The number of nitrogens with zero attached hydrogens (tertiary/aromatic N) is 1. The van der Waals surface area contributed by atoms with E-state index in [1.54, 1.807) is 6.92 Å². The van der Waals surface area contributed by atoms with E-state index in [4.69, 9.17) is 0 Å². The third kappa shape index (κ3) is 4.86. The van der Waals surface area contributed by atoms with E-state index >= 15 is 0 Å². The van der Waals surface area contributed by atoms with Crippen LogP contribution < -0.4 is 5.32 Å². The Kier molecular flexibility index (Phi) is 6.22. The summed E-state index contributed by atoms with van der Waals surface area (Å²) in [5.74, 6) is -2.59. The molecule has 0 spiro atoms. The molecule has 0 saturated carbocycles. The Morgan fingerprint density at radius 1 is 1.04 bits per heavy atom. The number of aryl methyl sites for hydroxylation is 1. The average Bonchev–Trinajstić information content (AvgIpc) is 2.58. The van der Waals surface area contributed by atoms with E-state index in [9.17, 15) is 18.4 Å². The zero-order valence-electron chi connectivity index (χ0n) is 14.2. The van der Waals surface area contributed by atoms with Crippen LogP contribution in [0, 0.1) is 18.6 Å². The molecule has 25 heavy (non-hydrogen) atoms. The highest BCUT2D eigenvalue weighted by molar-refractivity contribution is 5.95. The molecule has 2 amide bonds. The maximum absolute atomic E-state index is 13.6. The number of amides is 2. The van der Waals surface area contributed by atoms with Crippen LogP contribution in [0.3, 0.4) is 0 Å². The summed E-state index contributed by atoms with van der Waals surface area (Å²) in [6.45, 7) is 3.70. The first-order valence-corrected chi connectivity index (χ1v) is 7.98. The lowest BCUT2D eigenvalue weighted by molar-refractivity contribution is -0.133. The lowest BCUT2D eigenvalue weighted by Crippen LogP contribution is -2.39. The van der Waals surface area contributed by atoms with Crippen molar-refractivity contribution in [2.75, 3.05) is 18.4 Å². The largest absolute Gasteiger partial charge is 0.333 e. The SMILES string of the molecule is CCN(CC(=O)Nc1c(F)cccc1F)C(=O)Cc1ccccc1C. The number of nitrogens with one attached hydrogen (secondary N) is 1. The summed E-state index contributed by atoms with van der Waals surface area (Å²) in [5.41, 5.74) is 1.37. The van der Waals surface area contributed by atoms with Gasteiger partial charge in [0.1, 0.15) is 17.3 Å². The van der Waals surface area contributed by atoms with Gasteiger partial charge in [-0.15, -0.1) is 0 Å². The van der Waals surface area contributed by atoms with Crippen LogP contribution in [0.4, 0.5) is 14.5 Å². The molecule has 1 N–H and O–H groups in total. The lowest BCUT2D eigenvalue weighted by Gasteiger charge is -2.21. The molecule has 0 aliphatic heterocycles. The van der Waals surface area contributed by atoms with E-state index in [1.807, 2.05) is 31.2 Å². The monoisotopic (exact) mass is 346 g/mol. The third-order valence-corrected chi connectivity index (χ3v) is 3.90. The van der Waals surface area contributed by atoms with Gasteiger partial charge in [-0.2, -0.15) is 0 Å². The molecule has 4 nitrogen and oxygen atoms in total.